The molecule has 0 aromatic carbocycles. The Hall–Kier alpha value is -2.38. The standard InChI is InChI=1S/C27H38N4O3/c1-19-28-14-22(15-29-19)25(13-26(32)34-27(2,3)4)31-16-20(17-31)18-33-12-11-23-10-9-21-7-5-6-8-24(21)30-23/h9-10,14-15,20,25H,5-8,11-13,16-18H2,1-4H3. The Morgan fingerprint density at radius 3 is 2.62 bits per heavy atom. The van der Waals surface area contributed by atoms with E-state index < -0.39 is 5.60 Å². The van der Waals surface area contributed by atoms with Crippen molar-refractivity contribution in [2.45, 2.75) is 77.9 Å². The fourth-order valence-electron chi connectivity index (χ4n) is 4.74. The first-order valence-corrected chi connectivity index (χ1v) is 12.6. The maximum atomic E-state index is 12.6. The quantitative estimate of drug-likeness (QED) is 0.408. The maximum absolute atomic E-state index is 12.6. The molecule has 0 N–H and O–H groups in total. The smallest absolute Gasteiger partial charge is 0.308 e. The number of likely N-dealkylation sites (tertiary alicyclic amines) is 1. The van der Waals surface area contributed by atoms with E-state index in [9.17, 15) is 4.79 Å². The fraction of sp³-hybridized carbons (Fsp3) is 0.630. The van der Waals surface area contributed by atoms with Crippen molar-refractivity contribution < 1.29 is 14.3 Å². The molecular formula is C27H38N4O3. The Morgan fingerprint density at radius 2 is 1.88 bits per heavy atom. The van der Waals surface area contributed by atoms with Crippen LogP contribution in [0.4, 0.5) is 0 Å². The van der Waals surface area contributed by atoms with E-state index >= 15 is 0 Å². The van der Waals surface area contributed by atoms with Gasteiger partial charge in [-0.3, -0.25) is 14.7 Å². The number of carbonyl (C=O) groups excluding carboxylic acids is 1. The molecule has 2 aliphatic rings. The number of rotatable bonds is 9. The van der Waals surface area contributed by atoms with Gasteiger partial charge in [-0.2, -0.15) is 0 Å². The minimum atomic E-state index is -0.496. The highest BCUT2D eigenvalue weighted by atomic mass is 16.6. The lowest BCUT2D eigenvalue weighted by atomic mass is 9.94. The average molecular weight is 467 g/mol. The third-order valence-corrected chi connectivity index (χ3v) is 6.48. The van der Waals surface area contributed by atoms with Crippen LogP contribution in [-0.2, 0) is 33.5 Å². The molecule has 1 aliphatic carbocycles. The molecule has 1 saturated heterocycles. The monoisotopic (exact) mass is 466 g/mol. The molecule has 3 heterocycles. The number of aromatic nitrogens is 3. The van der Waals surface area contributed by atoms with E-state index in [-0.39, 0.29) is 12.0 Å². The van der Waals surface area contributed by atoms with Gasteiger partial charge in [0.1, 0.15) is 11.4 Å². The summed E-state index contributed by atoms with van der Waals surface area (Å²) < 4.78 is 11.6. The van der Waals surface area contributed by atoms with Crippen LogP contribution in [0.5, 0.6) is 0 Å². The molecule has 2 aromatic rings. The number of nitrogens with zero attached hydrogens (tertiary/aromatic N) is 4. The fourth-order valence-corrected chi connectivity index (χ4v) is 4.74. The van der Waals surface area contributed by atoms with Gasteiger partial charge in [-0.1, -0.05) is 6.07 Å². The molecule has 7 nitrogen and oxygen atoms in total. The van der Waals surface area contributed by atoms with Gasteiger partial charge in [-0.25, -0.2) is 9.97 Å². The summed E-state index contributed by atoms with van der Waals surface area (Å²) in [6, 6.07) is 4.33. The Morgan fingerprint density at radius 1 is 1.15 bits per heavy atom. The van der Waals surface area contributed by atoms with Gasteiger partial charge in [-0.05, 0) is 65.0 Å². The summed E-state index contributed by atoms with van der Waals surface area (Å²) in [6.45, 7) is 10.7. The highest BCUT2D eigenvalue weighted by molar-refractivity contribution is 5.71. The van der Waals surface area contributed by atoms with Gasteiger partial charge < -0.3 is 9.47 Å². The molecule has 1 unspecified atom stereocenters. The van der Waals surface area contributed by atoms with Crippen LogP contribution in [0.2, 0.25) is 0 Å². The van der Waals surface area contributed by atoms with Crippen LogP contribution in [0.3, 0.4) is 0 Å². The molecule has 2 aromatic heterocycles. The van der Waals surface area contributed by atoms with E-state index in [1.54, 1.807) is 0 Å². The number of ether oxygens (including phenoxy) is 2. The lowest BCUT2D eigenvalue weighted by Gasteiger charge is -2.44. The molecular weight excluding hydrogens is 428 g/mol. The van der Waals surface area contributed by atoms with E-state index in [1.807, 2.05) is 40.1 Å². The second-order valence-electron chi connectivity index (χ2n) is 10.6. The van der Waals surface area contributed by atoms with Gasteiger partial charge in [0.2, 0.25) is 0 Å². The normalized spacial score (nSPS) is 17.6. The second-order valence-corrected chi connectivity index (χ2v) is 10.6. The van der Waals surface area contributed by atoms with Gasteiger partial charge in [0.05, 0.1) is 19.6 Å². The van der Waals surface area contributed by atoms with Gasteiger partial charge in [-0.15, -0.1) is 0 Å². The zero-order chi connectivity index (χ0) is 24.1. The molecule has 1 aliphatic heterocycles. The summed E-state index contributed by atoms with van der Waals surface area (Å²) in [6.07, 6.45) is 9.61. The SMILES string of the molecule is Cc1ncc(C(CC(=O)OC(C)(C)C)N2CC(COCCc3ccc4c(n3)CCCC4)C2)cn1. The lowest BCUT2D eigenvalue weighted by molar-refractivity contribution is -0.157. The van der Waals surface area contributed by atoms with Gasteiger partial charge >= 0.3 is 5.97 Å². The average Bonchev–Trinajstić information content (AvgIpc) is 2.76. The van der Waals surface area contributed by atoms with E-state index in [0.29, 0.717) is 18.9 Å². The van der Waals surface area contributed by atoms with Crippen LogP contribution >= 0.6 is 0 Å². The number of pyridine rings is 1. The molecule has 1 fully saturated rings. The Balaban J connectivity index is 1.24. The number of hydrogen-bond acceptors (Lipinski definition) is 7. The van der Waals surface area contributed by atoms with Crippen molar-refractivity contribution in [3.05, 3.63) is 52.9 Å². The lowest BCUT2D eigenvalue weighted by Crippen LogP contribution is -2.51. The summed E-state index contributed by atoms with van der Waals surface area (Å²) in [7, 11) is 0. The summed E-state index contributed by atoms with van der Waals surface area (Å²) in [5.74, 6) is 0.988. The van der Waals surface area contributed by atoms with Crippen molar-refractivity contribution in [2.75, 3.05) is 26.3 Å². The van der Waals surface area contributed by atoms with Crippen molar-refractivity contribution in [3.8, 4) is 0 Å². The predicted molar refractivity (Wildman–Crippen MR) is 130 cm³/mol. The topological polar surface area (TPSA) is 77.4 Å². The molecule has 7 heteroatoms. The zero-order valence-corrected chi connectivity index (χ0v) is 21.0. The van der Waals surface area contributed by atoms with Gasteiger partial charge in [0.15, 0.2) is 0 Å². The molecule has 0 radical (unpaired) electrons. The van der Waals surface area contributed by atoms with Crippen LogP contribution in [-0.4, -0.2) is 57.7 Å². The first-order valence-electron chi connectivity index (χ1n) is 12.6. The minimum absolute atomic E-state index is 0.0774. The van der Waals surface area contributed by atoms with E-state index in [0.717, 1.165) is 49.6 Å². The second kappa shape index (κ2) is 10.9. The van der Waals surface area contributed by atoms with Crippen LogP contribution in [0.25, 0.3) is 0 Å². The van der Waals surface area contributed by atoms with E-state index in [4.69, 9.17) is 14.5 Å². The summed E-state index contributed by atoms with van der Waals surface area (Å²) >= 11 is 0. The van der Waals surface area contributed by atoms with Crippen LogP contribution in [0.1, 0.15) is 74.4 Å². The molecule has 0 bridgehead atoms. The maximum Gasteiger partial charge on any atom is 0.308 e. The molecule has 4 rings (SSSR count). The Labute approximate surface area is 203 Å². The molecule has 1 atom stereocenters. The molecule has 184 valence electrons. The Bertz CT molecular complexity index is 965. The van der Waals surface area contributed by atoms with Gasteiger partial charge in [0, 0.05) is 60.8 Å². The van der Waals surface area contributed by atoms with E-state index in [2.05, 4.69) is 27.0 Å². The van der Waals surface area contributed by atoms with Crippen molar-refractivity contribution in [2.24, 2.45) is 5.92 Å². The Kier molecular flexibility index (Phi) is 7.94. The van der Waals surface area contributed by atoms with Crippen LogP contribution in [0, 0.1) is 12.8 Å². The molecule has 0 spiro atoms. The first-order chi connectivity index (χ1) is 16.3. The van der Waals surface area contributed by atoms with E-state index in [1.165, 1.54) is 30.5 Å². The van der Waals surface area contributed by atoms with Crippen molar-refractivity contribution in [3.63, 3.8) is 0 Å². The predicted octanol–water partition coefficient (Wildman–Crippen LogP) is 4.02. The summed E-state index contributed by atoms with van der Waals surface area (Å²) in [5.41, 5.74) is 4.30. The molecule has 0 amide bonds. The number of esters is 1. The number of hydrogen-bond donors (Lipinski definition) is 0. The van der Waals surface area contributed by atoms with Crippen LogP contribution in [0.15, 0.2) is 24.5 Å². The summed E-state index contributed by atoms with van der Waals surface area (Å²) in [5, 5.41) is 0. The number of carbonyl (C=O) groups is 1. The summed E-state index contributed by atoms with van der Waals surface area (Å²) in [4.78, 5) is 28.4. The van der Waals surface area contributed by atoms with Crippen LogP contribution < -0.4 is 0 Å². The largest absolute Gasteiger partial charge is 0.460 e. The van der Waals surface area contributed by atoms with Crippen molar-refractivity contribution in [1.82, 2.24) is 19.9 Å². The molecule has 34 heavy (non-hydrogen) atoms. The van der Waals surface area contributed by atoms with Crippen molar-refractivity contribution >= 4 is 5.97 Å². The van der Waals surface area contributed by atoms with Crippen molar-refractivity contribution in [1.29, 1.82) is 0 Å². The number of aryl methyl sites for hydroxylation is 3. The zero-order valence-electron chi connectivity index (χ0n) is 21.0. The minimum Gasteiger partial charge on any atom is -0.460 e. The molecule has 0 saturated carbocycles. The third kappa shape index (κ3) is 6.83. The first kappa shape index (κ1) is 24.7. The highest BCUT2D eigenvalue weighted by Gasteiger charge is 2.35. The van der Waals surface area contributed by atoms with Gasteiger partial charge in [0.25, 0.3) is 0 Å². The number of fused-ring (bicyclic) bond motifs is 1. The highest BCUT2D eigenvalue weighted by Crippen LogP contribution is 2.32. The third-order valence-electron chi connectivity index (χ3n) is 6.48.